The second kappa shape index (κ2) is 9.80. The van der Waals surface area contributed by atoms with E-state index in [2.05, 4.69) is 25.6 Å². The van der Waals surface area contributed by atoms with E-state index in [0.29, 0.717) is 27.5 Å². The highest BCUT2D eigenvalue weighted by Crippen LogP contribution is 2.33. The van der Waals surface area contributed by atoms with Crippen LogP contribution >= 0.6 is 11.6 Å². The number of alkyl halides is 3. The summed E-state index contributed by atoms with van der Waals surface area (Å²) in [5.41, 5.74) is -0.207. The first-order chi connectivity index (χ1) is 18.1. The fraction of sp³-hybridized carbons (Fsp3) is 0.120. The number of rotatable bonds is 6. The molecule has 0 unspecified atom stereocenters. The fourth-order valence-electron chi connectivity index (χ4n) is 3.86. The largest absolute Gasteiger partial charge is 0.423 e. The number of H-pyrrole nitrogens is 1. The highest BCUT2D eigenvalue weighted by molar-refractivity contribution is 6.31. The summed E-state index contributed by atoms with van der Waals surface area (Å²) < 4.78 is 50.9. The van der Waals surface area contributed by atoms with E-state index in [-0.39, 0.29) is 29.4 Å². The Kier molecular flexibility index (Phi) is 6.51. The molecule has 194 valence electrons. The summed E-state index contributed by atoms with van der Waals surface area (Å²) in [6.07, 6.45) is -4.73. The highest BCUT2D eigenvalue weighted by Gasteiger charge is 2.35. The maximum Gasteiger partial charge on any atom is 0.417 e. The predicted octanol–water partition coefficient (Wildman–Crippen LogP) is 6.03. The van der Waals surface area contributed by atoms with Gasteiger partial charge in [-0.05, 0) is 42.5 Å². The van der Waals surface area contributed by atoms with Crippen LogP contribution in [0.25, 0.3) is 22.1 Å². The summed E-state index contributed by atoms with van der Waals surface area (Å²) in [6.45, 7) is 0.0995. The van der Waals surface area contributed by atoms with E-state index < -0.39 is 29.1 Å². The molecule has 0 radical (unpaired) electrons. The Morgan fingerprint density at radius 1 is 1.03 bits per heavy atom. The van der Waals surface area contributed by atoms with Crippen molar-refractivity contribution in [2.45, 2.75) is 12.8 Å². The van der Waals surface area contributed by atoms with E-state index in [0.717, 1.165) is 12.1 Å². The van der Waals surface area contributed by atoms with Gasteiger partial charge in [0.25, 0.3) is 11.8 Å². The predicted molar refractivity (Wildman–Crippen MR) is 133 cm³/mol. The molecule has 0 aliphatic heterocycles. The molecular formula is C25H17ClF3N5O4. The van der Waals surface area contributed by atoms with E-state index in [9.17, 15) is 22.8 Å². The normalized spacial score (nSPS) is 11.7. The Hall–Kier alpha value is -4.42. The number of carbonyl (C=O) groups excluding carboxylic acids is 2. The molecule has 5 aromatic rings. The molecule has 38 heavy (non-hydrogen) atoms. The molecule has 0 aliphatic carbocycles. The summed E-state index contributed by atoms with van der Waals surface area (Å²) in [5, 5.41) is 5.41. The molecule has 3 N–H and O–H groups in total. The summed E-state index contributed by atoms with van der Waals surface area (Å²) >= 11 is 5.97. The van der Waals surface area contributed by atoms with Gasteiger partial charge in [-0.25, -0.2) is 4.98 Å². The fourth-order valence-corrected chi connectivity index (χ4v) is 4.03. The number of nitrogens with zero attached hydrogens (tertiary/aromatic N) is 2. The maximum atomic E-state index is 13.4. The number of benzene rings is 3. The Morgan fingerprint density at radius 2 is 1.79 bits per heavy atom. The van der Waals surface area contributed by atoms with Crippen molar-refractivity contribution >= 4 is 57.3 Å². The van der Waals surface area contributed by atoms with Crippen LogP contribution in [0.4, 0.5) is 24.9 Å². The highest BCUT2D eigenvalue weighted by atomic mass is 35.5. The zero-order valence-corrected chi connectivity index (χ0v) is 20.2. The minimum absolute atomic E-state index is 0.000739. The number of aromatic amines is 1. The number of halogens is 4. The van der Waals surface area contributed by atoms with Crippen molar-refractivity contribution in [3.8, 4) is 0 Å². The molecule has 13 heteroatoms. The molecule has 2 heterocycles. The van der Waals surface area contributed by atoms with Crippen molar-refractivity contribution in [2.24, 2.45) is 0 Å². The van der Waals surface area contributed by atoms with Crippen LogP contribution in [0.3, 0.4) is 0 Å². The first-order valence-electron chi connectivity index (χ1n) is 11.0. The van der Waals surface area contributed by atoms with Crippen molar-refractivity contribution in [3.05, 3.63) is 82.1 Å². The van der Waals surface area contributed by atoms with E-state index in [4.69, 9.17) is 20.8 Å². The minimum Gasteiger partial charge on any atom is -0.423 e. The van der Waals surface area contributed by atoms with Gasteiger partial charge in [0.05, 0.1) is 22.2 Å². The molecule has 0 saturated carbocycles. The molecule has 0 fully saturated rings. The number of anilines is 2. The molecule has 2 amide bonds. The average molecular weight is 544 g/mol. The van der Waals surface area contributed by atoms with Crippen molar-refractivity contribution in [1.29, 1.82) is 0 Å². The number of methoxy groups -OCH3 is 1. The molecule has 0 aliphatic rings. The molecule has 0 saturated heterocycles. The van der Waals surface area contributed by atoms with E-state index in [1.165, 1.54) is 31.4 Å². The second-order valence-corrected chi connectivity index (χ2v) is 8.56. The summed E-state index contributed by atoms with van der Waals surface area (Å²) in [4.78, 5) is 37.6. The Balaban J connectivity index is 1.51. The van der Waals surface area contributed by atoms with Gasteiger partial charge in [-0.3, -0.25) is 14.9 Å². The number of hydrogen-bond acceptors (Lipinski definition) is 6. The van der Waals surface area contributed by atoms with Gasteiger partial charge in [-0.15, -0.1) is 0 Å². The Labute approximate surface area is 217 Å². The number of fused-ring (bicyclic) bond motifs is 2. The van der Waals surface area contributed by atoms with Crippen LogP contribution in [-0.2, 0) is 17.5 Å². The van der Waals surface area contributed by atoms with Crippen LogP contribution < -0.4 is 10.6 Å². The molecule has 0 atom stereocenters. The molecule has 9 nitrogen and oxygen atoms in total. The van der Waals surface area contributed by atoms with Crippen molar-refractivity contribution < 1.29 is 31.9 Å². The number of nitrogens with one attached hydrogen (secondary N) is 3. The van der Waals surface area contributed by atoms with Gasteiger partial charge in [-0.2, -0.15) is 18.2 Å². The smallest absolute Gasteiger partial charge is 0.417 e. The van der Waals surface area contributed by atoms with Gasteiger partial charge < -0.3 is 19.5 Å². The van der Waals surface area contributed by atoms with Crippen molar-refractivity contribution in [1.82, 2.24) is 15.0 Å². The maximum absolute atomic E-state index is 13.4. The second-order valence-electron chi connectivity index (χ2n) is 8.12. The van der Waals surface area contributed by atoms with Crippen LogP contribution in [0.15, 0.2) is 59.0 Å². The number of hydrogen-bond donors (Lipinski definition) is 3. The third-order valence-electron chi connectivity index (χ3n) is 5.47. The lowest BCUT2D eigenvalue weighted by molar-refractivity contribution is -0.137. The van der Waals surface area contributed by atoms with Crippen molar-refractivity contribution in [3.63, 3.8) is 0 Å². The van der Waals surface area contributed by atoms with Gasteiger partial charge in [0.15, 0.2) is 5.58 Å². The average Bonchev–Trinajstić information content (AvgIpc) is 3.45. The van der Waals surface area contributed by atoms with E-state index >= 15 is 0 Å². The number of aromatic nitrogens is 3. The summed E-state index contributed by atoms with van der Waals surface area (Å²) in [7, 11) is 1.46. The lowest BCUT2D eigenvalue weighted by atomic mass is 10.1. The third kappa shape index (κ3) is 5.04. The lowest BCUT2D eigenvalue weighted by Crippen LogP contribution is -2.19. The number of ether oxygens (including phenoxy) is 1. The van der Waals surface area contributed by atoms with Crippen LogP contribution in [0, 0.1) is 0 Å². The zero-order valence-electron chi connectivity index (χ0n) is 19.4. The minimum atomic E-state index is -4.73. The number of amides is 2. The molecular weight excluding hydrogens is 527 g/mol. The topological polar surface area (TPSA) is 122 Å². The van der Waals surface area contributed by atoms with E-state index in [1.807, 2.05) is 0 Å². The standard InChI is InChI=1S/C25H17ClF3N5O4/c1-37-11-20-31-18-10-13(30-22(35)14-4-2-3-5-16(14)25(27,28)29)9-15(21(18)33-20)23(36)34-24-32-17-8-12(26)6-7-19(17)38-24/h2-10H,11H2,1H3,(H,30,35)(H,31,33)(H,32,34,36). The Morgan fingerprint density at radius 3 is 2.55 bits per heavy atom. The van der Waals surface area contributed by atoms with Gasteiger partial charge in [0, 0.05) is 17.8 Å². The lowest BCUT2D eigenvalue weighted by Gasteiger charge is -2.13. The summed E-state index contributed by atoms with van der Waals surface area (Å²) in [5.74, 6) is -1.30. The van der Waals surface area contributed by atoms with Gasteiger partial charge in [-0.1, -0.05) is 23.7 Å². The molecule has 0 bridgehead atoms. The zero-order chi connectivity index (χ0) is 27.0. The summed E-state index contributed by atoms with van der Waals surface area (Å²) in [6, 6.07) is 11.8. The van der Waals surface area contributed by atoms with Crippen LogP contribution in [0.1, 0.15) is 32.1 Å². The number of oxazole rings is 1. The molecule has 3 aromatic carbocycles. The number of carbonyl (C=O) groups is 2. The van der Waals surface area contributed by atoms with Gasteiger partial charge in [0.2, 0.25) is 0 Å². The Bertz CT molecular complexity index is 1700. The number of imidazole rings is 1. The quantitative estimate of drug-likeness (QED) is 0.240. The van der Waals surface area contributed by atoms with Gasteiger partial charge >= 0.3 is 12.2 Å². The first kappa shape index (κ1) is 25.2. The third-order valence-corrected chi connectivity index (χ3v) is 5.70. The van der Waals surface area contributed by atoms with Crippen LogP contribution in [0.5, 0.6) is 0 Å². The van der Waals surface area contributed by atoms with E-state index in [1.54, 1.807) is 18.2 Å². The monoisotopic (exact) mass is 543 g/mol. The molecule has 2 aromatic heterocycles. The van der Waals surface area contributed by atoms with Crippen molar-refractivity contribution in [2.75, 3.05) is 17.7 Å². The van der Waals surface area contributed by atoms with Crippen LogP contribution in [-0.4, -0.2) is 33.9 Å². The molecule has 5 rings (SSSR count). The first-order valence-corrected chi connectivity index (χ1v) is 11.4. The SMILES string of the molecule is COCc1nc2c(C(=O)Nc3nc4cc(Cl)ccc4o3)cc(NC(=O)c3ccccc3C(F)(F)F)cc2[nH]1. The van der Waals surface area contributed by atoms with Gasteiger partial charge in [0.1, 0.15) is 23.5 Å². The van der Waals surface area contributed by atoms with Crippen LogP contribution in [0.2, 0.25) is 5.02 Å². The molecule has 0 spiro atoms.